The summed E-state index contributed by atoms with van der Waals surface area (Å²) < 4.78 is 5.61. The Balaban J connectivity index is 1.57. The minimum Gasteiger partial charge on any atom is -0.490 e. The summed E-state index contributed by atoms with van der Waals surface area (Å²) in [7, 11) is 0. The molecule has 2 heterocycles. The molecular formula is C19H17ClN2O3. The van der Waals surface area contributed by atoms with E-state index in [9.17, 15) is 9.59 Å². The van der Waals surface area contributed by atoms with Crippen molar-refractivity contribution in [2.45, 2.75) is 6.42 Å². The molecule has 0 N–H and O–H groups in total. The van der Waals surface area contributed by atoms with Crippen LogP contribution in [0.25, 0.3) is 0 Å². The van der Waals surface area contributed by atoms with Gasteiger partial charge in [-0.2, -0.15) is 0 Å². The Bertz CT molecular complexity index is 839. The van der Waals surface area contributed by atoms with E-state index in [1.807, 2.05) is 36.4 Å². The number of hydrogen-bond donors (Lipinski definition) is 0. The Morgan fingerprint density at radius 2 is 1.80 bits per heavy atom. The summed E-state index contributed by atoms with van der Waals surface area (Å²) in [5.74, 6) is 0.205. The first-order chi connectivity index (χ1) is 12.1. The van der Waals surface area contributed by atoms with Crippen molar-refractivity contribution < 1.29 is 14.3 Å². The maximum atomic E-state index is 13.0. The van der Waals surface area contributed by atoms with E-state index >= 15 is 0 Å². The van der Waals surface area contributed by atoms with Gasteiger partial charge in [-0.15, -0.1) is 0 Å². The van der Waals surface area contributed by atoms with Crippen LogP contribution in [0.5, 0.6) is 5.75 Å². The third-order valence-electron chi connectivity index (χ3n) is 4.61. The van der Waals surface area contributed by atoms with Crippen molar-refractivity contribution in [3.05, 3.63) is 53.6 Å². The molecule has 1 fully saturated rings. The summed E-state index contributed by atoms with van der Waals surface area (Å²) in [5.41, 5.74) is 1.43. The summed E-state index contributed by atoms with van der Waals surface area (Å²) in [6.45, 7) is 1.30. The quantitative estimate of drug-likeness (QED) is 0.830. The predicted octanol–water partition coefficient (Wildman–Crippen LogP) is 3.12. The molecule has 1 atom stereocenters. The molecule has 128 valence electrons. The topological polar surface area (TPSA) is 49.9 Å². The maximum absolute atomic E-state index is 13.0. The van der Waals surface area contributed by atoms with Gasteiger partial charge < -0.3 is 14.5 Å². The number of halogens is 1. The van der Waals surface area contributed by atoms with Crippen LogP contribution in [-0.4, -0.2) is 31.5 Å². The van der Waals surface area contributed by atoms with Crippen molar-refractivity contribution in [2.75, 3.05) is 29.5 Å². The van der Waals surface area contributed by atoms with E-state index in [2.05, 4.69) is 0 Å². The molecule has 0 spiro atoms. The van der Waals surface area contributed by atoms with Gasteiger partial charge in [-0.3, -0.25) is 9.59 Å². The van der Waals surface area contributed by atoms with E-state index < -0.39 is 0 Å². The van der Waals surface area contributed by atoms with Crippen molar-refractivity contribution in [1.82, 2.24) is 0 Å². The molecule has 5 nitrogen and oxygen atoms in total. The molecule has 1 saturated heterocycles. The van der Waals surface area contributed by atoms with Gasteiger partial charge in [0.2, 0.25) is 11.8 Å². The average molecular weight is 357 g/mol. The van der Waals surface area contributed by atoms with Crippen molar-refractivity contribution in [3.8, 4) is 5.75 Å². The van der Waals surface area contributed by atoms with Crippen molar-refractivity contribution in [2.24, 2.45) is 5.92 Å². The van der Waals surface area contributed by atoms with Gasteiger partial charge in [-0.1, -0.05) is 35.9 Å². The van der Waals surface area contributed by atoms with E-state index in [1.165, 1.54) is 0 Å². The Morgan fingerprint density at radius 3 is 2.60 bits per heavy atom. The number of carbonyl (C=O) groups is 2. The lowest BCUT2D eigenvalue weighted by Gasteiger charge is -2.31. The normalized spacial score (nSPS) is 19.6. The van der Waals surface area contributed by atoms with Crippen LogP contribution in [0.3, 0.4) is 0 Å². The number of carbonyl (C=O) groups excluding carboxylic acids is 2. The fraction of sp³-hybridized carbons (Fsp3) is 0.263. The molecule has 2 aromatic carbocycles. The maximum Gasteiger partial charge on any atom is 0.232 e. The Hall–Kier alpha value is -2.53. The zero-order valence-electron chi connectivity index (χ0n) is 13.5. The van der Waals surface area contributed by atoms with Crippen molar-refractivity contribution >= 4 is 34.8 Å². The summed E-state index contributed by atoms with van der Waals surface area (Å²) >= 11 is 6.21. The van der Waals surface area contributed by atoms with E-state index in [4.69, 9.17) is 16.3 Å². The van der Waals surface area contributed by atoms with Crippen molar-refractivity contribution in [3.63, 3.8) is 0 Å². The third kappa shape index (κ3) is 2.85. The smallest absolute Gasteiger partial charge is 0.232 e. The minimum absolute atomic E-state index is 0.0429. The zero-order valence-corrected chi connectivity index (χ0v) is 14.3. The molecule has 6 heteroatoms. The Morgan fingerprint density at radius 1 is 1.08 bits per heavy atom. The van der Waals surface area contributed by atoms with E-state index in [-0.39, 0.29) is 24.2 Å². The SMILES string of the molecule is O=C1CC(C(=O)N2CCOc3ccccc32)CN1c1ccccc1Cl. The van der Waals surface area contributed by atoms with Crippen LogP contribution in [0.2, 0.25) is 5.02 Å². The molecule has 1 unspecified atom stereocenters. The van der Waals surface area contributed by atoms with Crippen molar-refractivity contribution in [1.29, 1.82) is 0 Å². The van der Waals surface area contributed by atoms with Crippen LogP contribution in [0.15, 0.2) is 48.5 Å². The lowest BCUT2D eigenvalue weighted by atomic mass is 10.1. The van der Waals surface area contributed by atoms with Gasteiger partial charge in [0.1, 0.15) is 12.4 Å². The number of amides is 2. The number of anilines is 2. The first kappa shape index (κ1) is 16.0. The second-order valence-electron chi connectivity index (χ2n) is 6.16. The highest BCUT2D eigenvalue weighted by atomic mass is 35.5. The largest absolute Gasteiger partial charge is 0.490 e. The highest BCUT2D eigenvalue weighted by Gasteiger charge is 2.39. The van der Waals surface area contributed by atoms with E-state index in [0.717, 1.165) is 5.69 Å². The lowest BCUT2D eigenvalue weighted by Crippen LogP contribution is -2.42. The molecule has 25 heavy (non-hydrogen) atoms. The lowest BCUT2D eigenvalue weighted by molar-refractivity contribution is -0.124. The molecule has 0 bridgehead atoms. The van der Waals surface area contributed by atoms with Crippen LogP contribution in [-0.2, 0) is 9.59 Å². The zero-order chi connectivity index (χ0) is 17.4. The number of rotatable bonds is 2. The number of ether oxygens (including phenoxy) is 1. The molecule has 2 aliphatic rings. The number of benzene rings is 2. The van der Waals surface area contributed by atoms with Crippen LogP contribution in [0.1, 0.15) is 6.42 Å². The summed E-state index contributed by atoms with van der Waals surface area (Å²) in [6, 6.07) is 14.7. The molecule has 4 rings (SSSR count). The number of fused-ring (bicyclic) bond motifs is 1. The molecular weight excluding hydrogens is 340 g/mol. The first-order valence-corrected chi connectivity index (χ1v) is 8.61. The van der Waals surface area contributed by atoms with Crippen LogP contribution >= 0.6 is 11.6 Å². The fourth-order valence-corrected chi connectivity index (χ4v) is 3.63. The van der Waals surface area contributed by atoms with Gasteiger partial charge >= 0.3 is 0 Å². The fourth-order valence-electron chi connectivity index (χ4n) is 3.40. The second kappa shape index (κ2) is 6.41. The molecule has 2 aromatic rings. The van der Waals surface area contributed by atoms with Crippen LogP contribution in [0, 0.1) is 5.92 Å². The second-order valence-corrected chi connectivity index (χ2v) is 6.57. The van der Waals surface area contributed by atoms with Gasteiger partial charge in [0.15, 0.2) is 0 Å². The molecule has 0 aliphatic carbocycles. The molecule has 0 radical (unpaired) electrons. The highest BCUT2D eigenvalue weighted by Crippen LogP contribution is 2.35. The van der Waals surface area contributed by atoms with Crippen LogP contribution < -0.4 is 14.5 Å². The van der Waals surface area contributed by atoms with Gasteiger partial charge in [-0.05, 0) is 24.3 Å². The molecule has 0 aromatic heterocycles. The Kier molecular flexibility index (Phi) is 4.09. The number of hydrogen-bond acceptors (Lipinski definition) is 3. The van der Waals surface area contributed by atoms with E-state index in [1.54, 1.807) is 21.9 Å². The van der Waals surface area contributed by atoms with E-state index in [0.29, 0.717) is 36.2 Å². The third-order valence-corrected chi connectivity index (χ3v) is 4.93. The predicted molar refractivity (Wildman–Crippen MR) is 96.2 cm³/mol. The first-order valence-electron chi connectivity index (χ1n) is 8.23. The van der Waals surface area contributed by atoms with Gasteiger partial charge in [0, 0.05) is 13.0 Å². The number of nitrogens with zero attached hydrogens (tertiary/aromatic N) is 2. The molecule has 2 aliphatic heterocycles. The Labute approximate surface area is 150 Å². The van der Waals surface area contributed by atoms with Gasteiger partial charge in [0.05, 0.1) is 28.9 Å². The number of para-hydroxylation sites is 3. The standard InChI is InChI=1S/C19H17ClN2O3/c20-14-5-1-2-6-15(14)22-12-13(11-18(22)23)19(24)21-9-10-25-17-8-4-3-7-16(17)21/h1-8,13H,9-12H2. The summed E-state index contributed by atoms with van der Waals surface area (Å²) in [5, 5.41) is 0.515. The molecule has 0 saturated carbocycles. The van der Waals surface area contributed by atoms with Gasteiger partial charge in [-0.25, -0.2) is 0 Å². The van der Waals surface area contributed by atoms with Gasteiger partial charge in [0.25, 0.3) is 0 Å². The summed E-state index contributed by atoms with van der Waals surface area (Å²) in [4.78, 5) is 28.8. The highest BCUT2D eigenvalue weighted by molar-refractivity contribution is 6.34. The van der Waals surface area contributed by atoms with Crippen LogP contribution in [0.4, 0.5) is 11.4 Å². The average Bonchev–Trinajstić information content (AvgIpc) is 3.02. The summed E-state index contributed by atoms with van der Waals surface area (Å²) in [6.07, 6.45) is 0.198. The monoisotopic (exact) mass is 356 g/mol. The minimum atomic E-state index is -0.380. The molecule has 2 amide bonds.